The zero-order valence-electron chi connectivity index (χ0n) is 14.8. The van der Waals surface area contributed by atoms with Gasteiger partial charge in [0.2, 0.25) is 10.0 Å². The van der Waals surface area contributed by atoms with E-state index in [1.165, 1.54) is 19.2 Å². The summed E-state index contributed by atoms with van der Waals surface area (Å²) >= 11 is 0. The van der Waals surface area contributed by atoms with E-state index in [-0.39, 0.29) is 16.4 Å². The summed E-state index contributed by atoms with van der Waals surface area (Å²) in [7, 11) is -0.879. The van der Waals surface area contributed by atoms with Crippen LogP contribution >= 0.6 is 0 Å². The highest BCUT2D eigenvalue weighted by atomic mass is 32.2. The number of hydrogen-bond acceptors (Lipinski definition) is 8. The SMILES string of the molecule is CNS(=O)(=O)c1ccc(N(C)CCCc2[nH]nc(N)c2C#N)c([N+](=O)[O-])c1. The third-order valence-electron chi connectivity index (χ3n) is 4.04. The minimum absolute atomic E-state index is 0.137. The van der Waals surface area contributed by atoms with Crippen LogP contribution in [0, 0.1) is 21.4 Å². The molecule has 0 spiro atoms. The van der Waals surface area contributed by atoms with Gasteiger partial charge in [0.05, 0.1) is 15.5 Å². The Kier molecular flexibility index (Phi) is 5.98. The van der Waals surface area contributed by atoms with Crippen molar-refractivity contribution in [2.75, 3.05) is 31.3 Å². The Bertz CT molecular complexity index is 994. The maximum atomic E-state index is 11.9. The van der Waals surface area contributed by atoms with Crippen LogP contribution in [0.5, 0.6) is 0 Å². The monoisotopic (exact) mass is 393 g/mol. The molecule has 2 rings (SSSR count). The van der Waals surface area contributed by atoms with Gasteiger partial charge in [-0.1, -0.05) is 0 Å². The van der Waals surface area contributed by atoms with Gasteiger partial charge in [-0.2, -0.15) is 10.4 Å². The van der Waals surface area contributed by atoms with E-state index >= 15 is 0 Å². The van der Waals surface area contributed by atoms with Crippen LogP contribution in [0.4, 0.5) is 17.2 Å². The molecule has 0 saturated carbocycles. The number of nitrogens with one attached hydrogen (secondary N) is 2. The molecule has 0 aliphatic rings. The number of nitro groups is 1. The number of nitrogens with zero attached hydrogens (tertiary/aromatic N) is 4. The lowest BCUT2D eigenvalue weighted by Crippen LogP contribution is -2.22. The van der Waals surface area contributed by atoms with Crippen molar-refractivity contribution in [3.8, 4) is 6.07 Å². The highest BCUT2D eigenvalue weighted by molar-refractivity contribution is 7.89. The van der Waals surface area contributed by atoms with Crippen molar-refractivity contribution in [2.45, 2.75) is 17.7 Å². The highest BCUT2D eigenvalue weighted by Crippen LogP contribution is 2.30. The van der Waals surface area contributed by atoms with Crippen molar-refractivity contribution >= 4 is 27.2 Å². The minimum atomic E-state index is -3.78. The predicted molar refractivity (Wildman–Crippen MR) is 98.6 cm³/mol. The number of hydrogen-bond donors (Lipinski definition) is 3. The molecule has 1 aromatic heterocycles. The molecule has 0 bridgehead atoms. The van der Waals surface area contributed by atoms with Crippen molar-refractivity contribution in [2.24, 2.45) is 0 Å². The van der Waals surface area contributed by atoms with Crippen molar-refractivity contribution < 1.29 is 13.3 Å². The van der Waals surface area contributed by atoms with E-state index in [1.54, 1.807) is 11.9 Å². The fourth-order valence-electron chi connectivity index (χ4n) is 2.57. The van der Waals surface area contributed by atoms with Crippen molar-refractivity contribution in [3.63, 3.8) is 0 Å². The summed E-state index contributed by atoms with van der Waals surface area (Å²) < 4.78 is 25.8. The first-order valence-corrected chi connectivity index (χ1v) is 9.35. The maximum Gasteiger partial charge on any atom is 0.293 e. The second kappa shape index (κ2) is 8.02. The summed E-state index contributed by atoms with van der Waals surface area (Å²) in [4.78, 5) is 12.2. The second-order valence-corrected chi connectivity index (χ2v) is 7.60. The number of nitro benzene ring substituents is 1. The summed E-state index contributed by atoms with van der Waals surface area (Å²) in [6.45, 7) is 0.433. The molecule has 1 aromatic carbocycles. The average Bonchev–Trinajstić information content (AvgIpc) is 3.00. The van der Waals surface area contributed by atoms with Crippen LogP contribution < -0.4 is 15.4 Å². The van der Waals surface area contributed by atoms with Gasteiger partial charge >= 0.3 is 0 Å². The van der Waals surface area contributed by atoms with Gasteiger partial charge in [-0.3, -0.25) is 15.2 Å². The summed E-state index contributed by atoms with van der Waals surface area (Å²) in [5.74, 6) is 0.137. The minimum Gasteiger partial charge on any atom is -0.381 e. The smallest absolute Gasteiger partial charge is 0.293 e. The van der Waals surface area contributed by atoms with E-state index < -0.39 is 14.9 Å². The Labute approximate surface area is 156 Å². The normalized spacial score (nSPS) is 11.1. The molecular formula is C15H19N7O4S. The van der Waals surface area contributed by atoms with E-state index in [4.69, 9.17) is 11.0 Å². The van der Waals surface area contributed by atoms with E-state index in [0.29, 0.717) is 36.3 Å². The molecule has 12 heteroatoms. The van der Waals surface area contributed by atoms with Gasteiger partial charge in [-0.15, -0.1) is 0 Å². The number of sulfonamides is 1. The molecule has 1 heterocycles. The van der Waals surface area contributed by atoms with Crippen molar-refractivity contribution in [3.05, 3.63) is 39.6 Å². The highest BCUT2D eigenvalue weighted by Gasteiger charge is 2.22. The number of anilines is 2. The van der Waals surface area contributed by atoms with Gasteiger partial charge < -0.3 is 10.6 Å². The predicted octanol–water partition coefficient (Wildman–Crippen LogP) is 0.749. The van der Waals surface area contributed by atoms with Gasteiger partial charge in [0.15, 0.2) is 5.82 Å². The van der Waals surface area contributed by atoms with Gasteiger partial charge in [0.1, 0.15) is 17.3 Å². The molecule has 27 heavy (non-hydrogen) atoms. The first-order chi connectivity index (χ1) is 12.7. The van der Waals surface area contributed by atoms with Gasteiger partial charge in [-0.25, -0.2) is 13.1 Å². The van der Waals surface area contributed by atoms with Crippen molar-refractivity contribution in [1.82, 2.24) is 14.9 Å². The number of nitriles is 1. The molecule has 144 valence electrons. The van der Waals surface area contributed by atoms with E-state index in [9.17, 15) is 18.5 Å². The molecule has 4 N–H and O–H groups in total. The summed E-state index contributed by atoms with van der Waals surface area (Å²) in [6, 6.07) is 5.72. The third-order valence-corrected chi connectivity index (χ3v) is 5.45. The van der Waals surface area contributed by atoms with Gasteiger partial charge in [0, 0.05) is 19.7 Å². The van der Waals surface area contributed by atoms with Crippen LogP contribution in [0.2, 0.25) is 0 Å². The third kappa shape index (κ3) is 4.33. The Hall–Kier alpha value is -3.17. The van der Waals surface area contributed by atoms with Crippen LogP contribution in [-0.4, -0.2) is 44.2 Å². The Morgan fingerprint density at radius 2 is 2.19 bits per heavy atom. The van der Waals surface area contributed by atoms with Crippen LogP contribution in [0.25, 0.3) is 0 Å². The first-order valence-electron chi connectivity index (χ1n) is 7.87. The second-order valence-electron chi connectivity index (χ2n) is 5.71. The van der Waals surface area contributed by atoms with E-state index in [0.717, 1.165) is 6.07 Å². The number of benzene rings is 1. The standard InChI is InChI=1S/C15H19N7O4S/c1-18-27(25,26)10-5-6-13(14(8-10)22(23)24)21(2)7-3-4-12-11(9-16)15(17)20-19-12/h5-6,8,18H,3-4,7H2,1-2H3,(H3,17,19,20). The number of aryl methyl sites for hydroxylation is 1. The van der Waals surface area contributed by atoms with Crippen molar-refractivity contribution in [1.29, 1.82) is 5.26 Å². The molecule has 0 unspecified atom stereocenters. The zero-order chi connectivity index (χ0) is 20.2. The molecule has 0 atom stereocenters. The molecule has 0 aliphatic heterocycles. The summed E-state index contributed by atoms with van der Waals surface area (Å²) in [6.07, 6.45) is 1.05. The van der Waals surface area contributed by atoms with Crippen LogP contribution in [0.1, 0.15) is 17.7 Å². The maximum absolute atomic E-state index is 11.9. The average molecular weight is 393 g/mol. The fourth-order valence-corrected chi connectivity index (χ4v) is 3.32. The number of aromatic nitrogens is 2. The molecule has 0 fully saturated rings. The van der Waals surface area contributed by atoms with Gasteiger partial charge in [0.25, 0.3) is 5.69 Å². The quantitative estimate of drug-likeness (QED) is 0.435. The van der Waals surface area contributed by atoms with Crippen LogP contribution in [0.15, 0.2) is 23.1 Å². The largest absolute Gasteiger partial charge is 0.381 e. The molecular weight excluding hydrogens is 374 g/mol. The molecule has 0 aliphatic carbocycles. The van der Waals surface area contributed by atoms with E-state index in [1.807, 2.05) is 6.07 Å². The fraction of sp³-hybridized carbons (Fsp3) is 0.333. The number of rotatable bonds is 8. The molecule has 0 radical (unpaired) electrons. The summed E-state index contributed by atoms with van der Waals surface area (Å²) in [5, 5.41) is 26.9. The zero-order valence-corrected chi connectivity index (χ0v) is 15.6. The lowest BCUT2D eigenvalue weighted by Gasteiger charge is -2.19. The Balaban J connectivity index is 2.17. The van der Waals surface area contributed by atoms with Crippen LogP contribution in [-0.2, 0) is 16.4 Å². The molecule has 0 amide bonds. The number of H-pyrrole nitrogens is 1. The first kappa shape index (κ1) is 20.1. The molecule has 11 nitrogen and oxygen atoms in total. The topological polar surface area (TPSA) is 171 Å². The van der Waals surface area contributed by atoms with Crippen LogP contribution in [0.3, 0.4) is 0 Å². The molecule has 0 saturated heterocycles. The number of aromatic amines is 1. The van der Waals surface area contributed by atoms with Gasteiger partial charge in [-0.05, 0) is 32.0 Å². The number of nitrogens with two attached hydrogens (primary N) is 1. The Morgan fingerprint density at radius 1 is 1.48 bits per heavy atom. The Morgan fingerprint density at radius 3 is 2.78 bits per heavy atom. The lowest BCUT2D eigenvalue weighted by atomic mass is 10.1. The van der Waals surface area contributed by atoms with E-state index in [2.05, 4.69) is 14.9 Å². The summed E-state index contributed by atoms with van der Waals surface area (Å²) in [5.41, 5.74) is 6.47. The number of nitrogen functional groups attached to an aromatic ring is 1. The lowest BCUT2D eigenvalue weighted by molar-refractivity contribution is -0.384. The molecule has 2 aromatic rings.